The summed E-state index contributed by atoms with van der Waals surface area (Å²) in [6, 6.07) is 0.276. The fourth-order valence-corrected chi connectivity index (χ4v) is 2.38. The molecule has 9 heteroatoms. The molecule has 0 atom stereocenters. The number of benzene rings is 3. The Morgan fingerprint density at radius 2 is 0.957 bits per heavy atom. The highest BCUT2D eigenvalue weighted by atomic mass is 19.2. The van der Waals surface area contributed by atoms with Crippen molar-refractivity contribution in [3.63, 3.8) is 0 Å². The SMILES string of the molecule is Nc1c(F)c(F)c(F)c2c1cc(F)c1c(F)c(F)c(F)c(F)c12. The van der Waals surface area contributed by atoms with Crippen LogP contribution in [0.5, 0.6) is 0 Å². The second kappa shape index (κ2) is 4.71. The predicted molar refractivity (Wildman–Crippen MR) is 65.5 cm³/mol. The maximum atomic E-state index is 13.9. The summed E-state index contributed by atoms with van der Waals surface area (Å²) in [5.74, 6) is -16.7. The summed E-state index contributed by atoms with van der Waals surface area (Å²) in [7, 11) is 0. The van der Waals surface area contributed by atoms with Crippen LogP contribution in [0.25, 0.3) is 21.5 Å². The van der Waals surface area contributed by atoms with Crippen molar-refractivity contribution in [3.8, 4) is 0 Å². The molecule has 0 unspecified atom stereocenters. The second-order valence-electron chi connectivity index (χ2n) is 4.64. The van der Waals surface area contributed by atoms with Gasteiger partial charge in [0.05, 0.1) is 11.1 Å². The van der Waals surface area contributed by atoms with Crippen molar-refractivity contribution < 1.29 is 35.1 Å². The maximum Gasteiger partial charge on any atom is 0.198 e. The van der Waals surface area contributed by atoms with Crippen molar-refractivity contribution in [2.24, 2.45) is 0 Å². The zero-order valence-corrected chi connectivity index (χ0v) is 10.7. The summed E-state index contributed by atoms with van der Waals surface area (Å²) in [5.41, 5.74) is 4.08. The zero-order valence-electron chi connectivity index (χ0n) is 10.7. The Balaban J connectivity index is 2.80. The Labute approximate surface area is 121 Å². The molecule has 120 valence electrons. The summed E-state index contributed by atoms with van der Waals surface area (Å²) < 4.78 is 109. The van der Waals surface area contributed by atoms with Crippen LogP contribution >= 0.6 is 0 Å². The van der Waals surface area contributed by atoms with Crippen LogP contribution < -0.4 is 5.73 Å². The fourth-order valence-electron chi connectivity index (χ4n) is 2.38. The predicted octanol–water partition coefficient (Wildman–Crippen LogP) is 4.69. The van der Waals surface area contributed by atoms with E-state index in [0.717, 1.165) is 0 Å². The van der Waals surface area contributed by atoms with Gasteiger partial charge >= 0.3 is 0 Å². The van der Waals surface area contributed by atoms with Crippen LogP contribution in [0.4, 0.5) is 40.8 Å². The van der Waals surface area contributed by atoms with Gasteiger partial charge in [0, 0.05) is 16.2 Å². The molecule has 0 spiro atoms. The van der Waals surface area contributed by atoms with Crippen LogP contribution in [0.15, 0.2) is 6.07 Å². The number of fused-ring (bicyclic) bond motifs is 3. The molecule has 2 N–H and O–H groups in total. The van der Waals surface area contributed by atoms with Crippen LogP contribution in [0, 0.1) is 46.5 Å². The number of anilines is 1. The van der Waals surface area contributed by atoms with Gasteiger partial charge in [-0.3, -0.25) is 0 Å². The lowest BCUT2D eigenvalue weighted by molar-refractivity contribution is 0.416. The quantitative estimate of drug-likeness (QED) is 0.208. The van der Waals surface area contributed by atoms with E-state index in [1.807, 2.05) is 0 Å². The van der Waals surface area contributed by atoms with Crippen LogP contribution in [0.1, 0.15) is 0 Å². The Bertz CT molecular complexity index is 1010. The highest BCUT2D eigenvalue weighted by molar-refractivity contribution is 6.12. The van der Waals surface area contributed by atoms with Crippen molar-refractivity contribution in [2.45, 2.75) is 0 Å². The number of nitrogen functional groups attached to an aromatic ring is 1. The smallest absolute Gasteiger partial charge is 0.198 e. The molecule has 0 aliphatic heterocycles. The Hall–Kier alpha value is -2.58. The Kier molecular flexibility index (Phi) is 3.13. The van der Waals surface area contributed by atoms with Gasteiger partial charge in [0.25, 0.3) is 0 Å². The lowest BCUT2D eigenvalue weighted by Gasteiger charge is -2.12. The lowest BCUT2D eigenvalue weighted by atomic mass is 9.98. The van der Waals surface area contributed by atoms with Crippen molar-refractivity contribution in [1.82, 2.24) is 0 Å². The molecule has 0 aromatic heterocycles. The highest BCUT2D eigenvalue weighted by Crippen LogP contribution is 2.39. The first kappa shape index (κ1) is 15.3. The average molecular weight is 337 g/mol. The Morgan fingerprint density at radius 3 is 1.52 bits per heavy atom. The summed E-state index contributed by atoms with van der Waals surface area (Å²) in [6.07, 6.45) is 0. The first-order valence-corrected chi connectivity index (χ1v) is 5.88. The fraction of sp³-hybridized carbons (Fsp3) is 0. The second-order valence-corrected chi connectivity index (χ2v) is 4.64. The molecule has 0 saturated heterocycles. The van der Waals surface area contributed by atoms with E-state index < -0.39 is 73.8 Å². The molecule has 1 nitrogen and oxygen atoms in total. The van der Waals surface area contributed by atoms with Gasteiger partial charge in [-0.25, -0.2) is 35.1 Å². The standard InChI is InChI=1S/C14H3F8N/c15-3-1-2-4(7(16)12(21)13(22)14(2)23)6-5(3)8(17)10(19)11(20)9(6)18/h1H,23H2. The number of nitrogens with two attached hydrogens (primary N) is 1. The third kappa shape index (κ3) is 1.79. The van der Waals surface area contributed by atoms with Crippen LogP contribution in [-0.4, -0.2) is 0 Å². The summed E-state index contributed by atoms with van der Waals surface area (Å²) in [5, 5.41) is -4.92. The number of rotatable bonds is 0. The van der Waals surface area contributed by atoms with E-state index in [1.165, 1.54) is 0 Å². The van der Waals surface area contributed by atoms with E-state index >= 15 is 0 Å². The van der Waals surface area contributed by atoms with Crippen molar-refractivity contribution in [3.05, 3.63) is 52.6 Å². The van der Waals surface area contributed by atoms with Gasteiger partial charge in [-0.15, -0.1) is 0 Å². The molecular weight excluding hydrogens is 334 g/mol. The molecule has 0 heterocycles. The molecule has 0 aliphatic rings. The largest absolute Gasteiger partial charge is 0.396 e. The highest BCUT2D eigenvalue weighted by Gasteiger charge is 2.29. The van der Waals surface area contributed by atoms with Gasteiger partial charge in [-0.05, 0) is 6.07 Å². The number of halogens is 8. The molecule has 3 aromatic rings. The summed E-state index contributed by atoms with van der Waals surface area (Å²) >= 11 is 0. The molecule has 0 amide bonds. The molecule has 0 aliphatic carbocycles. The molecule has 0 fully saturated rings. The van der Waals surface area contributed by atoms with Gasteiger partial charge in [0.15, 0.2) is 40.7 Å². The molecule has 3 rings (SSSR count). The van der Waals surface area contributed by atoms with E-state index in [1.54, 1.807) is 0 Å². The van der Waals surface area contributed by atoms with Crippen molar-refractivity contribution >= 4 is 27.2 Å². The molecule has 0 bridgehead atoms. The van der Waals surface area contributed by atoms with Crippen molar-refractivity contribution in [2.75, 3.05) is 5.73 Å². The molecule has 3 aromatic carbocycles. The topological polar surface area (TPSA) is 26.0 Å². The van der Waals surface area contributed by atoms with E-state index in [4.69, 9.17) is 5.73 Å². The first-order valence-electron chi connectivity index (χ1n) is 5.88. The monoisotopic (exact) mass is 337 g/mol. The number of hydrogen-bond donors (Lipinski definition) is 1. The van der Waals surface area contributed by atoms with E-state index in [-0.39, 0.29) is 6.07 Å². The lowest BCUT2D eigenvalue weighted by Crippen LogP contribution is -2.05. The van der Waals surface area contributed by atoms with E-state index in [9.17, 15) is 35.1 Å². The third-order valence-corrected chi connectivity index (χ3v) is 3.43. The minimum absolute atomic E-state index is 0.276. The number of hydrogen-bond acceptors (Lipinski definition) is 1. The third-order valence-electron chi connectivity index (χ3n) is 3.43. The molecule has 23 heavy (non-hydrogen) atoms. The molecular formula is C14H3F8N. The first-order chi connectivity index (χ1) is 10.7. The van der Waals surface area contributed by atoms with Crippen LogP contribution in [0.3, 0.4) is 0 Å². The van der Waals surface area contributed by atoms with Crippen LogP contribution in [-0.2, 0) is 0 Å². The normalized spacial score (nSPS) is 11.7. The molecule has 0 saturated carbocycles. The Morgan fingerprint density at radius 1 is 0.522 bits per heavy atom. The average Bonchev–Trinajstić information content (AvgIpc) is 2.53. The van der Waals surface area contributed by atoms with Crippen LogP contribution in [0.2, 0.25) is 0 Å². The van der Waals surface area contributed by atoms with Gasteiger partial charge in [-0.1, -0.05) is 0 Å². The molecule has 0 radical (unpaired) electrons. The van der Waals surface area contributed by atoms with Gasteiger partial charge in [0.1, 0.15) is 5.82 Å². The zero-order chi connectivity index (χ0) is 17.2. The summed E-state index contributed by atoms with van der Waals surface area (Å²) in [6.45, 7) is 0. The maximum absolute atomic E-state index is 13.9. The van der Waals surface area contributed by atoms with E-state index in [0.29, 0.717) is 0 Å². The minimum atomic E-state index is -2.36. The minimum Gasteiger partial charge on any atom is -0.396 e. The van der Waals surface area contributed by atoms with E-state index in [2.05, 4.69) is 0 Å². The summed E-state index contributed by atoms with van der Waals surface area (Å²) in [4.78, 5) is 0. The van der Waals surface area contributed by atoms with Gasteiger partial charge in [-0.2, -0.15) is 0 Å². The van der Waals surface area contributed by atoms with Crippen molar-refractivity contribution in [1.29, 1.82) is 0 Å². The van der Waals surface area contributed by atoms with Gasteiger partial charge in [0.2, 0.25) is 0 Å². The van der Waals surface area contributed by atoms with Gasteiger partial charge < -0.3 is 5.73 Å².